The van der Waals surface area contributed by atoms with Crippen LogP contribution >= 0.6 is 0 Å². The molecule has 2 aliphatic rings. The van der Waals surface area contributed by atoms with E-state index in [1.54, 1.807) is 25.1 Å². The number of sulfonamides is 1. The van der Waals surface area contributed by atoms with Crippen LogP contribution in [0.4, 0.5) is 13.2 Å². The van der Waals surface area contributed by atoms with Crippen molar-refractivity contribution in [3.8, 4) is 11.5 Å². The van der Waals surface area contributed by atoms with Gasteiger partial charge >= 0.3 is 6.36 Å². The van der Waals surface area contributed by atoms with Crippen molar-refractivity contribution in [2.24, 2.45) is 4.99 Å². The molecule has 2 aromatic rings. The van der Waals surface area contributed by atoms with Crippen molar-refractivity contribution in [3.63, 3.8) is 0 Å². The van der Waals surface area contributed by atoms with Gasteiger partial charge in [-0.05, 0) is 61.2 Å². The molecule has 2 heterocycles. The molecule has 0 aliphatic carbocycles. The number of hydrogen-bond donors (Lipinski definition) is 3. The number of carbonyl (C=O) groups is 1. The van der Waals surface area contributed by atoms with Crippen LogP contribution in [-0.2, 0) is 14.8 Å². The Labute approximate surface area is 235 Å². The van der Waals surface area contributed by atoms with Crippen molar-refractivity contribution in [1.29, 1.82) is 0 Å². The number of benzene rings is 2. The zero-order valence-corrected chi connectivity index (χ0v) is 22.9. The number of ether oxygens (including phenoxy) is 2. The normalized spacial score (nSPS) is 18.4. The first kappa shape index (κ1) is 30.5. The van der Waals surface area contributed by atoms with E-state index in [1.165, 1.54) is 22.5 Å². The van der Waals surface area contributed by atoms with Gasteiger partial charge in [0.1, 0.15) is 22.9 Å². The fourth-order valence-electron chi connectivity index (χ4n) is 4.52. The molecule has 1 saturated heterocycles. The minimum Gasteiger partial charge on any atom is -0.493 e. The standard InChI is InChI=1S/C27H30F3N3O7S/c1-18-15-22(39-13-7-21(35)17-34)6-5-19(18)8-14-41(37,38)33-11-9-26(10-12-33)25(36)31-24(32-26)20-3-2-4-23(16-20)40-27(28,29)30/h2-6,8,14-16,21,34-35H,7,9-13,17H2,1H3,(H,31,32,36)/b14-8+. The minimum atomic E-state index is -4.86. The van der Waals surface area contributed by atoms with Gasteiger partial charge in [-0.2, -0.15) is 4.31 Å². The number of aliphatic imine (C=N–C) groups is 1. The van der Waals surface area contributed by atoms with Crippen LogP contribution < -0.4 is 14.8 Å². The molecule has 1 unspecified atom stereocenters. The first-order valence-corrected chi connectivity index (χ1v) is 14.3. The number of carbonyl (C=O) groups excluding carboxylic acids is 1. The summed E-state index contributed by atoms with van der Waals surface area (Å²) in [7, 11) is -3.82. The lowest BCUT2D eigenvalue weighted by Gasteiger charge is -2.34. The van der Waals surface area contributed by atoms with Crippen LogP contribution in [0.2, 0.25) is 0 Å². The van der Waals surface area contributed by atoms with E-state index in [-0.39, 0.29) is 57.0 Å². The van der Waals surface area contributed by atoms with Gasteiger partial charge in [0, 0.05) is 30.5 Å². The Bertz CT molecular complexity index is 1440. The second-order valence-electron chi connectivity index (χ2n) is 9.76. The van der Waals surface area contributed by atoms with Crippen molar-refractivity contribution >= 4 is 27.8 Å². The molecule has 1 atom stereocenters. The Hall–Kier alpha value is -3.46. The molecule has 3 N–H and O–H groups in total. The van der Waals surface area contributed by atoms with Gasteiger partial charge in [-0.1, -0.05) is 18.2 Å². The molecule has 10 nitrogen and oxygen atoms in total. The lowest BCUT2D eigenvalue weighted by atomic mass is 9.89. The van der Waals surface area contributed by atoms with E-state index in [4.69, 9.17) is 9.84 Å². The van der Waals surface area contributed by atoms with Crippen molar-refractivity contribution in [1.82, 2.24) is 9.62 Å². The average Bonchev–Trinajstić information content (AvgIpc) is 3.22. The second-order valence-corrected chi connectivity index (χ2v) is 11.6. The third-order valence-corrected chi connectivity index (χ3v) is 8.39. The Balaban J connectivity index is 1.39. The molecule has 1 spiro atoms. The van der Waals surface area contributed by atoms with Crippen LogP contribution in [-0.4, -0.2) is 79.0 Å². The number of aliphatic hydroxyl groups is 2. The van der Waals surface area contributed by atoms with E-state index >= 15 is 0 Å². The van der Waals surface area contributed by atoms with Gasteiger partial charge in [-0.25, -0.2) is 8.42 Å². The Morgan fingerprint density at radius 3 is 2.56 bits per heavy atom. The van der Waals surface area contributed by atoms with E-state index < -0.39 is 39.7 Å². The van der Waals surface area contributed by atoms with Crippen molar-refractivity contribution < 1.29 is 46.1 Å². The molecule has 2 aliphatic heterocycles. The highest BCUT2D eigenvalue weighted by molar-refractivity contribution is 7.92. The summed E-state index contributed by atoms with van der Waals surface area (Å²) in [6, 6.07) is 10.2. The summed E-state index contributed by atoms with van der Waals surface area (Å²) in [4.78, 5) is 17.3. The number of piperidine rings is 1. The molecule has 1 amide bonds. The first-order chi connectivity index (χ1) is 19.3. The molecular weight excluding hydrogens is 567 g/mol. The van der Waals surface area contributed by atoms with Crippen molar-refractivity contribution in [2.45, 2.75) is 44.2 Å². The van der Waals surface area contributed by atoms with E-state index in [0.29, 0.717) is 11.3 Å². The fraction of sp³-hybridized carbons (Fsp3) is 0.407. The smallest absolute Gasteiger partial charge is 0.493 e. The number of nitrogens with zero attached hydrogens (tertiary/aromatic N) is 2. The van der Waals surface area contributed by atoms with Gasteiger partial charge in [0.15, 0.2) is 0 Å². The van der Waals surface area contributed by atoms with E-state index in [0.717, 1.165) is 23.1 Å². The number of amides is 1. The summed E-state index contributed by atoms with van der Waals surface area (Å²) in [6.07, 6.45) is -3.78. The Morgan fingerprint density at radius 1 is 1.17 bits per heavy atom. The summed E-state index contributed by atoms with van der Waals surface area (Å²) in [5.74, 6) is -0.239. The van der Waals surface area contributed by atoms with E-state index in [2.05, 4.69) is 15.0 Å². The van der Waals surface area contributed by atoms with Crippen LogP contribution in [0.3, 0.4) is 0 Å². The SMILES string of the molecule is Cc1cc(OCCC(O)CO)ccc1/C=C/S(=O)(=O)N1CCC2(CC1)N=C(c1cccc(OC(F)(F)F)c1)NC2=O. The summed E-state index contributed by atoms with van der Waals surface area (Å²) in [6.45, 7) is 1.72. The quantitative estimate of drug-likeness (QED) is 0.383. The zero-order valence-electron chi connectivity index (χ0n) is 22.1. The van der Waals surface area contributed by atoms with Crippen LogP contribution in [0.5, 0.6) is 11.5 Å². The third-order valence-electron chi connectivity index (χ3n) is 6.82. The lowest BCUT2D eigenvalue weighted by molar-refractivity contribution is -0.274. The summed E-state index contributed by atoms with van der Waals surface area (Å²) in [5, 5.41) is 22.0. The van der Waals surface area contributed by atoms with Crippen LogP contribution in [0.25, 0.3) is 6.08 Å². The molecule has 4 rings (SSSR count). The number of aliphatic hydroxyl groups excluding tert-OH is 2. The van der Waals surface area contributed by atoms with Crippen LogP contribution in [0.1, 0.15) is 36.0 Å². The average molecular weight is 598 g/mol. The maximum atomic E-state index is 13.0. The molecular formula is C27H30F3N3O7S. The number of alkyl halides is 3. The summed E-state index contributed by atoms with van der Waals surface area (Å²) >= 11 is 0. The molecule has 41 heavy (non-hydrogen) atoms. The van der Waals surface area contributed by atoms with Crippen LogP contribution in [0.15, 0.2) is 52.9 Å². The lowest BCUT2D eigenvalue weighted by Crippen LogP contribution is -2.50. The number of nitrogens with one attached hydrogen (secondary N) is 1. The minimum absolute atomic E-state index is 0.0273. The van der Waals surface area contributed by atoms with Gasteiger partial charge in [0.2, 0.25) is 10.0 Å². The second kappa shape index (κ2) is 12.2. The maximum Gasteiger partial charge on any atom is 0.573 e. The van der Waals surface area contributed by atoms with Gasteiger partial charge < -0.3 is 25.0 Å². The third kappa shape index (κ3) is 7.64. The molecule has 0 aromatic heterocycles. The fourth-order valence-corrected chi connectivity index (χ4v) is 5.70. The number of halogens is 3. The summed E-state index contributed by atoms with van der Waals surface area (Å²) < 4.78 is 74.6. The molecule has 14 heteroatoms. The molecule has 0 saturated carbocycles. The van der Waals surface area contributed by atoms with Gasteiger partial charge in [0.05, 0.1) is 19.3 Å². The Morgan fingerprint density at radius 2 is 1.90 bits per heavy atom. The highest BCUT2D eigenvalue weighted by atomic mass is 32.2. The predicted molar refractivity (Wildman–Crippen MR) is 144 cm³/mol. The van der Waals surface area contributed by atoms with Gasteiger partial charge in [0.25, 0.3) is 5.91 Å². The van der Waals surface area contributed by atoms with Gasteiger partial charge in [-0.15, -0.1) is 13.2 Å². The topological polar surface area (TPSA) is 138 Å². The van der Waals surface area contributed by atoms with Crippen molar-refractivity contribution in [2.75, 3.05) is 26.3 Å². The Kier molecular flexibility index (Phi) is 9.07. The molecule has 0 radical (unpaired) electrons. The molecule has 0 bridgehead atoms. The monoisotopic (exact) mass is 597 g/mol. The molecule has 222 valence electrons. The van der Waals surface area contributed by atoms with Crippen LogP contribution in [0, 0.1) is 6.92 Å². The van der Waals surface area contributed by atoms with Crippen molar-refractivity contribution in [3.05, 3.63) is 64.6 Å². The number of aryl methyl sites for hydroxylation is 1. The van der Waals surface area contributed by atoms with E-state index in [9.17, 15) is 31.5 Å². The van der Waals surface area contributed by atoms with E-state index in [1.807, 2.05) is 0 Å². The van der Waals surface area contributed by atoms with Gasteiger partial charge in [-0.3, -0.25) is 9.79 Å². The number of hydrogen-bond acceptors (Lipinski definition) is 8. The molecule has 1 fully saturated rings. The summed E-state index contributed by atoms with van der Waals surface area (Å²) in [5.41, 5.74) is 0.449. The highest BCUT2D eigenvalue weighted by Gasteiger charge is 2.47. The largest absolute Gasteiger partial charge is 0.573 e. The predicted octanol–water partition coefficient (Wildman–Crippen LogP) is 2.73. The highest BCUT2D eigenvalue weighted by Crippen LogP contribution is 2.33. The molecule has 2 aromatic carbocycles. The first-order valence-electron chi connectivity index (χ1n) is 12.8. The maximum absolute atomic E-state index is 13.0. The zero-order chi connectivity index (χ0) is 29.8. The number of rotatable bonds is 10. The number of amidine groups is 1.